The van der Waals surface area contributed by atoms with Gasteiger partial charge in [0.1, 0.15) is 0 Å². The Morgan fingerprint density at radius 2 is 1.64 bits per heavy atom. The summed E-state index contributed by atoms with van der Waals surface area (Å²) in [4.78, 5) is 30.5. The first-order chi connectivity index (χ1) is 13.5. The summed E-state index contributed by atoms with van der Waals surface area (Å²) in [7, 11) is 0. The highest BCUT2D eigenvalue weighted by molar-refractivity contribution is 6.34. The summed E-state index contributed by atoms with van der Waals surface area (Å²) in [6, 6.07) is 21.3. The van der Waals surface area contributed by atoms with Gasteiger partial charge in [0.15, 0.2) is 5.82 Å². The molecule has 0 spiro atoms. The monoisotopic (exact) mass is 389 g/mol. The molecule has 1 heterocycles. The minimum Gasteiger partial charge on any atom is -0.267 e. The summed E-state index contributed by atoms with van der Waals surface area (Å²) in [5.74, 6) is -0.137. The molecule has 0 fully saturated rings. The number of benzene rings is 3. The number of hydrogen-bond acceptors (Lipinski definition) is 3. The SMILES string of the molecule is Cc1ccc(-c2nc3ccccc3c(=O)n2NC(=O)c2ccccc2Cl)cc1. The summed E-state index contributed by atoms with van der Waals surface area (Å²) >= 11 is 6.13. The van der Waals surface area contributed by atoms with Gasteiger partial charge in [-0.15, -0.1) is 0 Å². The van der Waals surface area contributed by atoms with Crippen LogP contribution >= 0.6 is 11.6 Å². The molecule has 1 N–H and O–H groups in total. The molecule has 4 aromatic rings. The van der Waals surface area contributed by atoms with Gasteiger partial charge < -0.3 is 0 Å². The Balaban J connectivity index is 1.90. The van der Waals surface area contributed by atoms with Crippen molar-refractivity contribution in [1.82, 2.24) is 9.66 Å². The molecule has 0 radical (unpaired) electrons. The Hall–Kier alpha value is -3.44. The molecular weight excluding hydrogens is 374 g/mol. The van der Waals surface area contributed by atoms with E-state index in [9.17, 15) is 9.59 Å². The highest BCUT2D eigenvalue weighted by Crippen LogP contribution is 2.20. The van der Waals surface area contributed by atoms with Crippen LogP contribution < -0.4 is 11.0 Å². The van der Waals surface area contributed by atoms with Crippen molar-refractivity contribution in [3.05, 3.63) is 99.3 Å². The van der Waals surface area contributed by atoms with Crippen LogP contribution in [0.25, 0.3) is 22.3 Å². The van der Waals surface area contributed by atoms with Gasteiger partial charge in [0.2, 0.25) is 0 Å². The molecule has 1 aromatic heterocycles. The first-order valence-electron chi connectivity index (χ1n) is 8.69. The van der Waals surface area contributed by atoms with E-state index >= 15 is 0 Å². The molecule has 0 saturated heterocycles. The van der Waals surface area contributed by atoms with Crippen molar-refractivity contribution in [3.63, 3.8) is 0 Å². The Morgan fingerprint density at radius 1 is 0.964 bits per heavy atom. The Labute approximate surface area is 166 Å². The van der Waals surface area contributed by atoms with Crippen LogP contribution in [-0.4, -0.2) is 15.6 Å². The Kier molecular flexibility index (Phi) is 4.67. The molecule has 0 bridgehead atoms. The van der Waals surface area contributed by atoms with Gasteiger partial charge in [0.25, 0.3) is 11.5 Å². The Bertz CT molecular complexity index is 1250. The number of para-hydroxylation sites is 1. The fraction of sp³-hybridized carbons (Fsp3) is 0.0455. The van der Waals surface area contributed by atoms with E-state index in [0.29, 0.717) is 27.3 Å². The topological polar surface area (TPSA) is 64.0 Å². The first-order valence-corrected chi connectivity index (χ1v) is 9.07. The van der Waals surface area contributed by atoms with Crippen molar-refractivity contribution in [2.75, 3.05) is 5.43 Å². The molecule has 4 rings (SSSR count). The van der Waals surface area contributed by atoms with Gasteiger partial charge in [-0.1, -0.05) is 65.7 Å². The third-order valence-electron chi connectivity index (χ3n) is 4.42. The maximum absolute atomic E-state index is 13.1. The van der Waals surface area contributed by atoms with Gasteiger partial charge in [0.05, 0.1) is 21.5 Å². The molecular formula is C22H16ClN3O2. The predicted molar refractivity (Wildman–Crippen MR) is 111 cm³/mol. The first kappa shape index (κ1) is 17.9. The summed E-state index contributed by atoms with van der Waals surface area (Å²) in [6.45, 7) is 1.98. The van der Waals surface area contributed by atoms with Crippen molar-refractivity contribution in [3.8, 4) is 11.4 Å². The number of carbonyl (C=O) groups is 1. The zero-order valence-corrected chi connectivity index (χ0v) is 15.8. The van der Waals surface area contributed by atoms with Crippen LogP contribution in [0.4, 0.5) is 0 Å². The largest absolute Gasteiger partial charge is 0.280 e. The second-order valence-corrected chi connectivity index (χ2v) is 6.79. The van der Waals surface area contributed by atoms with E-state index in [1.165, 1.54) is 4.68 Å². The third kappa shape index (κ3) is 3.28. The number of nitrogens with one attached hydrogen (secondary N) is 1. The van der Waals surface area contributed by atoms with Crippen molar-refractivity contribution < 1.29 is 4.79 Å². The predicted octanol–water partition coefficient (Wildman–Crippen LogP) is 4.41. The molecule has 28 heavy (non-hydrogen) atoms. The van der Waals surface area contributed by atoms with Crippen molar-refractivity contribution in [1.29, 1.82) is 0 Å². The maximum atomic E-state index is 13.1. The molecule has 138 valence electrons. The van der Waals surface area contributed by atoms with Gasteiger partial charge >= 0.3 is 0 Å². The zero-order chi connectivity index (χ0) is 19.7. The molecule has 0 unspecified atom stereocenters. The number of rotatable bonds is 3. The number of halogens is 1. The molecule has 3 aromatic carbocycles. The highest BCUT2D eigenvalue weighted by Gasteiger charge is 2.17. The van der Waals surface area contributed by atoms with Crippen LogP contribution in [0.2, 0.25) is 5.02 Å². The lowest BCUT2D eigenvalue weighted by Crippen LogP contribution is -2.35. The molecule has 0 atom stereocenters. The third-order valence-corrected chi connectivity index (χ3v) is 4.75. The van der Waals surface area contributed by atoms with Gasteiger partial charge in [-0.3, -0.25) is 15.0 Å². The average molecular weight is 390 g/mol. The van der Waals surface area contributed by atoms with Crippen molar-refractivity contribution >= 4 is 28.4 Å². The van der Waals surface area contributed by atoms with Crippen LogP contribution in [-0.2, 0) is 0 Å². The Morgan fingerprint density at radius 3 is 2.39 bits per heavy atom. The number of hydrogen-bond donors (Lipinski definition) is 1. The summed E-state index contributed by atoms with van der Waals surface area (Å²) < 4.78 is 1.18. The molecule has 5 nitrogen and oxygen atoms in total. The normalized spacial score (nSPS) is 10.8. The molecule has 1 amide bonds. The number of aryl methyl sites for hydroxylation is 1. The van der Waals surface area contributed by atoms with Crippen LogP contribution in [0.15, 0.2) is 77.6 Å². The fourth-order valence-electron chi connectivity index (χ4n) is 2.94. The summed E-state index contributed by atoms with van der Waals surface area (Å²) in [5.41, 5.74) is 4.94. The number of fused-ring (bicyclic) bond motifs is 1. The smallest absolute Gasteiger partial charge is 0.267 e. The van der Waals surface area contributed by atoms with E-state index in [0.717, 1.165) is 5.56 Å². The van der Waals surface area contributed by atoms with Crippen LogP contribution in [0.3, 0.4) is 0 Å². The minimum atomic E-state index is -0.488. The number of aromatic nitrogens is 2. The van der Waals surface area contributed by atoms with Crippen LogP contribution in [0.5, 0.6) is 0 Å². The molecule has 0 aliphatic heterocycles. The quantitative estimate of drug-likeness (QED) is 0.564. The molecule has 6 heteroatoms. The minimum absolute atomic E-state index is 0.277. The second kappa shape index (κ2) is 7.29. The second-order valence-electron chi connectivity index (χ2n) is 6.38. The maximum Gasteiger partial charge on any atom is 0.280 e. The lowest BCUT2D eigenvalue weighted by Gasteiger charge is -2.15. The van der Waals surface area contributed by atoms with Crippen molar-refractivity contribution in [2.24, 2.45) is 0 Å². The lowest BCUT2D eigenvalue weighted by atomic mass is 10.1. The average Bonchev–Trinajstić information content (AvgIpc) is 2.71. The van der Waals surface area contributed by atoms with E-state index < -0.39 is 5.91 Å². The lowest BCUT2D eigenvalue weighted by molar-refractivity contribution is 0.101. The van der Waals surface area contributed by atoms with E-state index in [1.54, 1.807) is 42.5 Å². The van der Waals surface area contributed by atoms with E-state index in [-0.39, 0.29) is 11.1 Å². The molecule has 0 saturated carbocycles. The van der Waals surface area contributed by atoms with Gasteiger partial charge in [-0.25, -0.2) is 4.98 Å². The number of nitrogens with zero attached hydrogens (tertiary/aromatic N) is 2. The van der Waals surface area contributed by atoms with E-state index in [2.05, 4.69) is 10.4 Å². The number of carbonyl (C=O) groups excluding carboxylic acids is 1. The summed E-state index contributed by atoms with van der Waals surface area (Å²) in [5, 5.41) is 0.719. The fourth-order valence-corrected chi connectivity index (χ4v) is 3.16. The number of amides is 1. The summed E-state index contributed by atoms with van der Waals surface area (Å²) in [6.07, 6.45) is 0. The van der Waals surface area contributed by atoms with Crippen LogP contribution in [0.1, 0.15) is 15.9 Å². The molecule has 0 aliphatic carbocycles. The van der Waals surface area contributed by atoms with Gasteiger partial charge in [-0.2, -0.15) is 4.68 Å². The standard InChI is InChI=1S/C22H16ClN3O2/c1-14-10-12-15(13-11-14)20-24-19-9-5-3-7-17(19)22(28)26(20)25-21(27)16-6-2-4-8-18(16)23/h2-13H,1H3,(H,25,27). The van der Waals surface area contributed by atoms with Gasteiger partial charge in [-0.05, 0) is 31.2 Å². The van der Waals surface area contributed by atoms with Gasteiger partial charge in [0, 0.05) is 5.56 Å². The van der Waals surface area contributed by atoms with E-state index in [4.69, 9.17) is 11.6 Å². The zero-order valence-electron chi connectivity index (χ0n) is 15.0. The molecule has 0 aliphatic rings. The van der Waals surface area contributed by atoms with Crippen molar-refractivity contribution in [2.45, 2.75) is 6.92 Å². The van der Waals surface area contributed by atoms with Crippen LogP contribution in [0, 0.1) is 6.92 Å². The highest BCUT2D eigenvalue weighted by atomic mass is 35.5. The van der Waals surface area contributed by atoms with E-state index in [1.807, 2.05) is 37.3 Å².